The number of aromatic nitrogens is 1. The number of anilines is 1. The molecule has 0 aromatic carbocycles. The number of nitrogen functional groups attached to an aromatic ring is 1. The number of aryl methyl sites for hydroxylation is 1. The lowest BCUT2D eigenvalue weighted by Crippen LogP contribution is -1.86. The lowest BCUT2D eigenvalue weighted by molar-refractivity contribution is 0.396. The molecule has 0 fully saturated rings. The van der Waals surface area contributed by atoms with E-state index >= 15 is 0 Å². The minimum atomic E-state index is 0.563. The predicted molar refractivity (Wildman–Crippen MR) is 53.3 cm³/mol. The van der Waals surface area contributed by atoms with Crippen LogP contribution in [0.15, 0.2) is 27.3 Å². The Morgan fingerprint density at radius 2 is 2.29 bits per heavy atom. The second kappa shape index (κ2) is 3.41. The van der Waals surface area contributed by atoms with Crippen molar-refractivity contribution in [3.63, 3.8) is 0 Å². The van der Waals surface area contributed by atoms with E-state index in [2.05, 4.69) is 5.16 Å². The van der Waals surface area contributed by atoms with Crippen molar-refractivity contribution >= 4 is 17.8 Å². The zero-order valence-corrected chi connectivity index (χ0v) is 7.73. The number of nitrogens with two attached hydrogens (primary N) is 1. The minimum absolute atomic E-state index is 0.563. The van der Waals surface area contributed by atoms with E-state index in [-0.39, 0.29) is 0 Å². The highest BCUT2D eigenvalue weighted by Gasteiger charge is 2.04. The molecule has 4 nitrogen and oxygen atoms in total. The van der Waals surface area contributed by atoms with Gasteiger partial charge in [0, 0.05) is 0 Å². The Morgan fingerprint density at radius 1 is 1.43 bits per heavy atom. The van der Waals surface area contributed by atoms with E-state index in [4.69, 9.17) is 14.7 Å². The van der Waals surface area contributed by atoms with Crippen molar-refractivity contribution in [2.75, 3.05) is 5.73 Å². The lowest BCUT2D eigenvalue weighted by Gasteiger charge is -1.86. The highest BCUT2D eigenvalue weighted by atomic mass is 16.5. The van der Waals surface area contributed by atoms with Crippen LogP contribution < -0.4 is 5.73 Å². The molecule has 0 aliphatic rings. The van der Waals surface area contributed by atoms with Gasteiger partial charge < -0.3 is 14.7 Å². The molecule has 0 unspecified atom stereocenters. The molecule has 0 bridgehead atoms. The van der Waals surface area contributed by atoms with E-state index in [9.17, 15) is 0 Å². The average Bonchev–Trinajstić information content (AvgIpc) is 2.77. The first kappa shape index (κ1) is 8.62. The molecule has 2 aromatic rings. The summed E-state index contributed by atoms with van der Waals surface area (Å²) in [6, 6.07) is 3.66. The van der Waals surface area contributed by atoms with Gasteiger partial charge in [-0.25, -0.2) is 0 Å². The fourth-order valence-electron chi connectivity index (χ4n) is 1.06. The van der Waals surface area contributed by atoms with E-state index in [0.717, 1.165) is 5.76 Å². The summed E-state index contributed by atoms with van der Waals surface area (Å²) in [6.07, 6.45) is 5.15. The second-order valence-electron chi connectivity index (χ2n) is 2.89. The van der Waals surface area contributed by atoms with Gasteiger partial charge in [-0.3, -0.25) is 0 Å². The Kier molecular flexibility index (Phi) is 2.10. The molecule has 4 heteroatoms. The van der Waals surface area contributed by atoms with E-state index in [1.807, 2.05) is 12.1 Å². The minimum Gasteiger partial charge on any atom is -0.465 e. The van der Waals surface area contributed by atoms with Crippen LogP contribution in [0.4, 0.5) is 5.69 Å². The molecule has 0 aliphatic carbocycles. The average molecular weight is 190 g/mol. The van der Waals surface area contributed by atoms with Gasteiger partial charge in [-0.05, 0) is 31.2 Å². The molecule has 0 spiro atoms. The predicted octanol–water partition coefficient (Wildman–Crippen LogP) is 2.33. The first-order valence-electron chi connectivity index (χ1n) is 4.20. The summed E-state index contributed by atoms with van der Waals surface area (Å²) in [6.45, 7) is 1.77. The highest BCUT2D eigenvalue weighted by Crippen LogP contribution is 2.17. The standard InChI is InChI=1S/C10H10N2O2/c1-7-10(11)9(12-14-7)5-4-8-3-2-6-13-8/h2-6H,11H2,1H3/b5-4+. The van der Waals surface area contributed by atoms with Gasteiger partial charge in [0.15, 0.2) is 5.76 Å². The fraction of sp³-hybridized carbons (Fsp3) is 0.100. The molecule has 2 N–H and O–H groups in total. The molecule has 0 atom stereocenters. The largest absolute Gasteiger partial charge is 0.465 e. The van der Waals surface area contributed by atoms with Gasteiger partial charge in [-0.1, -0.05) is 5.16 Å². The SMILES string of the molecule is Cc1onc(/C=C/c2ccco2)c1N. The quantitative estimate of drug-likeness (QED) is 0.789. The van der Waals surface area contributed by atoms with Crippen molar-refractivity contribution in [2.24, 2.45) is 0 Å². The molecule has 14 heavy (non-hydrogen) atoms. The molecular weight excluding hydrogens is 180 g/mol. The third-order valence-electron chi connectivity index (χ3n) is 1.88. The maximum absolute atomic E-state index is 5.70. The maximum atomic E-state index is 5.70. The molecule has 0 saturated carbocycles. The number of nitrogens with zero attached hydrogens (tertiary/aromatic N) is 1. The summed E-state index contributed by atoms with van der Waals surface area (Å²) in [5.74, 6) is 1.38. The molecule has 0 aliphatic heterocycles. The van der Waals surface area contributed by atoms with Gasteiger partial charge in [0.25, 0.3) is 0 Å². The van der Waals surface area contributed by atoms with Crippen molar-refractivity contribution in [2.45, 2.75) is 6.92 Å². The van der Waals surface area contributed by atoms with E-state index in [0.29, 0.717) is 17.1 Å². The monoisotopic (exact) mass is 190 g/mol. The summed E-state index contributed by atoms with van der Waals surface area (Å²) in [4.78, 5) is 0. The lowest BCUT2D eigenvalue weighted by atomic mass is 10.3. The molecule has 2 aromatic heterocycles. The third-order valence-corrected chi connectivity index (χ3v) is 1.88. The summed E-state index contributed by atoms with van der Waals surface area (Å²) in [5.41, 5.74) is 6.89. The van der Waals surface area contributed by atoms with Crippen LogP contribution in [0.5, 0.6) is 0 Å². The van der Waals surface area contributed by atoms with Crippen molar-refractivity contribution in [3.8, 4) is 0 Å². The molecule has 0 saturated heterocycles. The van der Waals surface area contributed by atoms with Gasteiger partial charge in [-0.15, -0.1) is 0 Å². The maximum Gasteiger partial charge on any atom is 0.157 e. The Morgan fingerprint density at radius 3 is 2.86 bits per heavy atom. The number of furan rings is 1. The van der Waals surface area contributed by atoms with Crippen LogP contribution in [-0.2, 0) is 0 Å². The Labute approximate surface area is 81.0 Å². The summed E-state index contributed by atoms with van der Waals surface area (Å²) >= 11 is 0. The van der Waals surface area contributed by atoms with Crippen LogP contribution in [0.3, 0.4) is 0 Å². The highest BCUT2D eigenvalue weighted by molar-refractivity contribution is 5.72. The molecule has 2 rings (SSSR count). The van der Waals surface area contributed by atoms with Crippen LogP contribution in [0.25, 0.3) is 12.2 Å². The molecular formula is C10H10N2O2. The van der Waals surface area contributed by atoms with Crippen LogP contribution in [0, 0.1) is 6.92 Å². The molecule has 0 radical (unpaired) electrons. The van der Waals surface area contributed by atoms with Gasteiger partial charge in [0.2, 0.25) is 0 Å². The summed E-state index contributed by atoms with van der Waals surface area (Å²) in [5, 5.41) is 3.79. The Bertz CT molecular complexity index is 441. The summed E-state index contributed by atoms with van der Waals surface area (Å²) in [7, 11) is 0. The van der Waals surface area contributed by atoms with Crippen molar-refractivity contribution in [3.05, 3.63) is 35.6 Å². The molecule has 0 amide bonds. The van der Waals surface area contributed by atoms with Crippen LogP contribution in [0.1, 0.15) is 17.2 Å². The number of rotatable bonds is 2. The molecule has 72 valence electrons. The van der Waals surface area contributed by atoms with Crippen molar-refractivity contribution in [1.29, 1.82) is 0 Å². The fourth-order valence-corrected chi connectivity index (χ4v) is 1.06. The van der Waals surface area contributed by atoms with Crippen LogP contribution in [-0.4, -0.2) is 5.16 Å². The van der Waals surface area contributed by atoms with Gasteiger partial charge in [0.1, 0.15) is 17.1 Å². The number of hydrogen-bond donors (Lipinski definition) is 1. The Hall–Kier alpha value is -1.97. The zero-order chi connectivity index (χ0) is 9.97. The van der Waals surface area contributed by atoms with E-state index in [1.54, 1.807) is 25.3 Å². The Balaban J connectivity index is 2.23. The van der Waals surface area contributed by atoms with Crippen molar-refractivity contribution in [1.82, 2.24) is 5.16 Å². The first-order chi connectivity index (χ1) is 6.77. The first-order valence-corrected chi connectivity index (χ1v) is 4.20. The topological polar surface area (TPSA) is 65.2 Å². The van der Waals surface area contributed by atoms with E-state index in [1.165, 1.54) is 0 Å². The zero-order valence-electron chi connectivity index (χ0n) is 7.73. The van der Waals surface area contributed by atoms with Gasteiger partial charge in [-0.2, -0.15) is 0 Å². The van der Waals surface area contributed by atoms with Gasteiger partial charge in [0.05, 0.1) is 6.26 Å². The second-order valence-corrected chi connectivity index (χ2v) is 2.89. The third kappa shape index (κ3) is 1.54. The smallest absolute Gasteiger partial charge is 0.157 e. The van der Waals surface area contributed by atoms with E-state index < -0.39 is 0 Å². The molecule has 2 heterocycles. The number of hydrogen-bond acceptors (Lipinski definition) is 4. The van der Waals surface area contributed by atoms with Gasteiger partial charge >= 0.3 is 0 Å². The van der Waals surface area contributed by atoms with Crippen LogP contribution >= 0.6 is 0 Å². The normalized spacial score (nSPS) is 11.2. The van der Waals surface area contributed by atoms with Crippen molar-refractivity contribution < 1.29 is 8.94 Å². The summed E-state index contributed by atoms with van der Waals surface area (Å²) < 4.78 is 10.0. The van der Waals surface area contributed by atoms with Crippen LogP contribution in [0.2, 0.25) is 0 Å².